The van der Waals surface area contributed by atoms with Gasteiger partial charge in [-0.15, -0.1) is 5.10 Å². The van der Waals surface area contributed by atoms with E-state index in [9.17, 15) is 0 Å². The van der Waals surface area contributed by atoms with Crippen molar-refractivity contribution in [3.63, 3.8) is 0 Å². The molecule has 1 aliphatic rings. The quantitative estimate of drug-likeness (QED) is 0.834. The summed E-state index contributed by atoms with van der Waals surface area (Å²) in [5, 5.41) is 12.4. The van der Waals surface area contributed by atoms with Gasteiger partial charge in [0.15, 0.2) is 0 Å². The van der Waals surface area contributed by atoms with Crippen molar-refractivity contribution in [3.8, 4) is 0 Å². The highest BCUT2D eigenvalue weighted by atomic mass is 15.3. The zero-order chi connectivity index (χ0) is 11.5. The second kappa shape index (κ2) is 4.47. The van der Waals surface area contributed by atoms with Crippen molar-refractivity contribution in [2.75, 3.05) is 0 Å². The second-order valence-electron chi connectivity index (χ2n) is 4.12. The Kier molecular flexibility index (Phi) is 3.03. The van der Waals surface area contributed by atoms with Crippen LogP contribution in [-0.2, 0) is 6.54 Å². The van der Waals surface area contributed by atoms with Gasteiger partial charge < -0.3 is 5.73 Å². The maximum Gasteiger partial charge on any atom is 0.123 e. The van der Waals surface area contributed by atoms with Crippen LogP contribution >= 0.6 is 0 Å². The molecule has 1 atom stereocenters. The summed E-state index contributed by atoms with van der Waals surface area (Å²) in [5.41, 5.74) is 7.70. The van der Waals surface area contributed by atoms with Gasteiger partial charge in [-0.2, -0.15) is 10.2 Å². The first-order valence-electron chi connectivity index (χ1n) is 5.64. The van der Waals surface area contributed by atoms with Crippen molar-refractivity contribution in [2.45, 2.75) is 33.2 Å². The van der Waals surface area contributed by atoms with E-state index in [-0.39, 0.29) is 0 Å². The summed E-state index contributed by atoms with van der Waals surface area (Å²) in [5.74, 6) is 0.919. The van der Waals surface area contributed by atoms with E-state index in [0.29, 0.717) is 11.8 Å². The van der Waals surface area contributed by atoms with Gasteiger partial charge in [0.05, 0.1) is 11.4 Å². The Labute approximate surface area is 95.1 Å². The third-order valence-corrected chi connectivity index (χ3v) is 2.68. The third-order valence-electron chi connectivity index (χ3n) is 2.68. The standard InChI is InChI=1S/C11H17N5/c1-3-6-16-9(4-5-13-16)11-8(2)7-10(12)14-15-11/h4-5,8H,3,6-7H2,1-2H3,(H2,12,14). The first-order chi connectivity index (χ1) is 7.72. The van der Waals surface area contributed by atoms with Crippen molar-refractivity contribution >= 4 is 11.5 Å². The molecule has 0 bridgehead atoms. The highest BCUT2D eigenvalue weighted by Crippen LogP contribution is 2.17. The molecule has 0 radical (unpaired) electrons. The summed E-state index contributed by atoms with van der Waals surface area (Å²) in [6, 6.07) is 1.99. The van der Waals surface area contributed by atoms with Crippen molar-refractivity contribution in [2.24, 2.45) is 21.9 Å². The van der Waals surface area contributed by atoms with Gasteiger partial charge in [0.25, 0.3) is 0 Å². The minimum absolute atomic E-state index is 0.310. The Morgan fingerprint density at radius 1 is 1.50 bits per heavy atom. The first kappa shape index (κ1) is 10.9. The molecule has 2 heterocycles. The van der Waals surface area contributed by atoms with Crippen LogP contribution in [0.5, 0.6) is 0 Å². The molecule has 2 N–H and O–H groups in total. The lowest BCUT2D eigenvalue weighted by Crippen LogP contribution is -2.27. The molecule has 1 unspecified atom stereocenters. The first-order valence-corrected chi connectivity index (χ1v) is 5.64. The van der Waals surface area contributed by atoms with Crippen molar-refractivity contribution in [3.05, 3.63) is 18.0 Å². The molecular weight excluding hydrogens is 202 g/mol. The average Bonchev–Trinajstić information content (AvgIpc) is 2.67. The molecule has 0 saturated carbocycles. The number of nitrogens with zero attached hydrogens (tertiary/aromatic N) is 4. The minimum atomic E-state index is 0.310. The molecule has 2 rings (SSSR count). The Morgan fingerprint density at radius 2 is 2.31 bits per heavy atom. The smallest absolute Gasteiger partial charge is 0.123 e. The number of nitrogens with two attached hydrogens (primary N) is 1. The molecule has 86 valence electrons. The fourth-order valence-corrected chi connectivity index (χ4v) is 1.91. The van der Waals surface area contributed by atoms with Crippen LogP contribution in [0.15, 0.2) is 22.5 Å². The van der Waals surface area contributed by atoms with Gasteiger partial charge >= 0.3 is 0 Å². The maximum atomic E-state index is 5.66. The number of amidine groups is 1. The maximum absolute atomic E-state index is 5.66. The SMILES string of the molecule is CCCn1nccc1C1=NN=C(N)CC1C. The number of hydrogen-bond donors (Lipinski definition) is 1. The Hall–Kier alpha value is -1.65. The van der Waals surface area contributed by atoms with Crippen molar-refractivity contribution in [1.29, 1.82) is 0 Å². The number of hydrogen-bond acceptors (Lipinski definition) is 4. The monoisotopic (exact) mass is 219 g/mol. The topological polar surface area (TPSA) is 68.6 Å². The third kappa shape index (κ3) is 1.98. The van der Waals surface area contributed by atoms with E-state index in [1.807, 2.05) is 16.9 Å². The Bertz CT molecular complexity index is 429. The summed E-state index contributed by atoms with van der Waals surface area (Å²) in [6.07, 6.45) is 3.64. The van der Waals surface area contributed by atoms with Crippen LogP contribution in [0.4, 0.5) is 0 Å². The molecule has 5 nitrogen and oxygen atoms in total. The highest BCUT2D eigenvalue weighted by Gasteiger charge is 2.21. The van der Waals surface area contributed by atoms with Crippen LogP contribution in [0.3, 0.4) is 0 Å². The molecule has 5 heteroatoms. The lowest BCUT2D eigenvalue weighted by atomic mass is 9.98. The summed E-state index contributed by atoms with van der Waals surface area (Å²) in [6.45, 7) is 5.16. The van der Waals surface area contributed by atoms with Crippen LogP contribution in [0.1, 0.15) is 32.4 Å². The summed E-state index contributed by atoms with van der Waals surface area (Å²) in [7, 11) is 0. The van der Waals surface area contributed by atoms with Crippen molar-refractivity contribution in [1.82, 2.24) is 9.78 Å². The summed E-state index contributed by atoms with van der Waals surface area (Å²) < 4.78 is 1.98. The molecule has 1 aliphatic heterocycles. The van der Waals surface area contributed by atoms with E-state index in [0.717, 1.165) is 30.8 Å². The fourth-order valence-electron chi connectivity index (χ4n) is 1.91. The van der Waals surface area contributed by atoms with Crippen LogP contribution < -0.4 is 5.73 Å². The van der Waals surface area contributed by atoms with E-state index in [2.05, 4.69) is 29.1 Å². The molecule has 0 amide bonds. The summed E-state index contributed by atoms with van der Waals surface area (Å²) in [4.78, 5) is 0. The van der Waals surface area contributed by atoms with Gasteiger partial charge in [-0.05, 0) is 12.5 Å². The van der Waals surface area contributed by atoms with E-state index >= 15 is 0 Å². The molecule has 16 heavy (non-hydrogen) atoms. The van der Waals surface area contributed by atoms with Gasteiger partial charge in [0.2, 0.25) is 0 Å². The molecule has 0 aliphatic carbocycles. The molecular formula is C11H17N5. The Morgan fingerprint density at radius 3 is 3.00 bits per heavy atom. The number of aromatic nitrogens is 2. The second-order valence-corrected chi connectivity index (χ2v) is 4.12. The highest BCUT2D eigenvalue weighted by molar-refractivity contribution is 6.04. The zero-order valence-electron chi connectivity index (χ0n) is 9.72. The average molecular weight is 219 g/mol. The van der Waals surface area contributed by atoms with Crippen LogP contribution in [-0.4, -0.2) is 21.3 Å². The normalized spacial score (nSPS) is 20.5. The van der Waals surface area contributed by atoms with E-state index in [4.69, 9.17) is 5.73 Å². The van der Waals surface area contributed by atoms with Gasteiger partial charge in [-0.1, -0.05) is 13.8 Å². The van der Waals surface area contributed by atoms with Crippen LogP contribution in [0, 0.1) is 5.92 Å². The number of rotatable bonds is 3. The number of aryl methyl sites for hydroxylation is 1. The summed E-state index contributed by atoms with van der Waals surface area (Å²) >= 11 is 0. The fraction of sp³-hybridized carbons (Fsp3) is 0.545. The molecule has 0 fully saturated rings. The van der Waals surface area contributed by atoms with E-state index in [1.165, 1.54) is 0 Å². The van der Waals surface area contributed by atoms with Gasteiger partial charge in [0.1, 0.15) is 5.84 Å². The molecule has 0 aromatic carbocycles. The largest absolute Gasteiger partial charge is 0.386 e. The lowest BCUT2D eigenvalue weighted by Gasteiger charge is -2.17. The molecule has 1 aromatic heterocycles. The van der Waals surface area contributed by atoms with E-state index in [1.54, 1.807) is 0 Å². The zero-order valence-corrected chi connectivity index (χ0v) is 9.72. The Balaban J connectivity index is 2.33. The van der Waals surface area contributed by atoms with E-state index < -0.39 is 0 Å². The minimum Gasteiger partial charge on any atom is -0.386 e. The van der Waals surface area contributed by atoms with Crippen LogP contribution in [0.2, 0.25) is 0 Å². The van der Waals surface area contributed by atoms with Gasteiger partial charge in [-0.3, -0.25) is 4.68 Å². The predicted molar refractivity (Wildman–Crippen MR) is 64.5 cm³/mol. The predicted octanol–water partition coefficient (Wildman–Crippen LogP) is 1.39. The molecule has 0 spiro atoms. The van der Waals surface area contributed by atoms with Gasteiger partial charge in [-0.25, -0.2) is 0 Å². The van der Waals surface area contributed by atoms with Crippen molar-refractivity contribution < 1.29 is 0 Å². The molecule has 0 saturated heterocycles. The van der Waals surface area contributed by atoms with Gasteiger partial charge in [0, 0.05) is 25.1 Å². The lowest BCUT2D eigenvalue weighted by molar-refractivity contribution is 0.593. The van der Waals surface area contributed by atoms with Crippen LogP contribution in [0.25, 0.3) is 0 Å². The molecule has 1 aromatic rings.